The summed E-state index contributed by atoms with van der Waals surface area (Å²) in [5.74, 6) is -1.63. The second kappa shape index (κ2) is 6.81. The molecular formula is C13H11N2O4-. The summed E-state index contributed by atoms with van der Waals surface area (Å²) in [6.07, 6.45) is 1.32. The van der Waals surface area contributed by atoms with Crippen LogP contribution in [0.15, 0.2) is 29.8 Å². The number of likely N-dealkylation sites (N-methyl/N-ethyl adjacent to an activating group) is 1. The van der Waals surface area contributed by atoms with Crippen LogP contribution < -0.4 is 15.2 Å². The third-order valence-corrected chi connectivity index (χ3v) is 2.16. The van der Waals surface area contributed by atoms with E-state index in [-0.39, 0.29) is 11.3 Å². The Morgan fingerprint density at radius 2 is 2.16 bits per heavy atom. The fourth-order valence-corrected chi connectivity index (χ4v) is 1.31. The van der Waals surface area contributed by atoms with Crippen molar-refractivity contribution in [3.63, 3.8) is 0 Å². The lowest BCUT2D eigenvalue weighted by atomic mass is 10.1. The Morgan fingerprint density at radius 1 is 1.47 bits per heavy atom. The van der Waals surface area contributed by atoms with Crippen LogP contribution in [0.25, 0.3) is 6.08 Å². The molecule has 0 atom stereocenters. The van der Waals surface area contributed by atoms with Gasteiger partial charge in [-0.3, -0.25) is 4.79 Å². The zero-order valence-electron chi connectivity index (χ0n) is 10.2. The number of rotatable bonds is 5. The fraction of sp³-hybridized carbons (Fsp3) is 0.154. The summed E-state index contributed by atoms with van der Waals surface area (Å²) in [4.78, 5) is 21.7. The number of amides is 1. The largest absolute Gasteiger partial charge is 0.546 e. The first kappa shape index (κ1) is 14.3. The number of para-hydroxylation sites is 1. The average Bonchev–Trinajstić information content (AvgIpc) is 2.42. The fourth-order valence-electron chi connectivity index (χ4n) is 1.31. The highest BCUT2D eigenvalue weighted by atomic mass is 16.5. The number of carbonyl (C=O) groups is 2. The van der Waals surface area contributed by atoms with E-state index in [2.05, 4.69) is 5.32 Å². The summed E-state index contributed by atoms with van der Waals surface area (Å²) in [6, 6.07) is 8.22. The molecule has 1 N–H and O–H groups in total. The van der Waals surface area contributed by atoms with Crippen LogP contribution in [0.4, 0.5) is 0 Å². The van der Waals surface area contributed by atoms with Crippen LogP contribution in [-0.2, 0) is 9.59 Å². The minimum absolute atomic E-state index is 0.105. The molecule has 6 heteroatoms. The third kappa shape index (κ3) is 4.16. The van der Waals surface area contributed by atoms with Gasteiger partial charge in [-0.2, -0.15) is 5.26 Å². The second-order valence-electron chi connectivity index (χ2n) is 3.45. The molecule has 1 aromatic carbocycles. The van der Waals surface area contributed by atoms with Gasteiger partial charge in [0, 0.05) is 12.6 Å². The Kier molecular flexibility index (Phi) is 5.11. The number of hydrogen-bond acceptors (Lipinski definition) is 5. The number of hydrogen-bond donors (Lipinski definition) is 1. The molecule has 0 unspecified atom stereocenters. The molecule has 0 bridgehead atoms. The van der Waals surface area contributed by atoms with Crippen LogP contribution in [0.3, 0.4) is 0 Å². The van der Waals surface area contributed by atoms with Crippen molar-refractivity contribution in [2.24, 2.45) is 0 Å². The normalized spacial score (nSPS) is 10.4. The minimum Gasteiger partial charge on any atom is -0.546 e. The molecule has 1 rings (SSSR count). The molecule has 0 saturated heterocycles. The molecule has 0 saturated carbocycles. The van der Waals surface area contributed by atoms with Crippen LogP contribution in [0.5, 0.6) is 5.75 Å². The molecule has 0 heterocycles. The van der Waals surface area contributed by atoms with Gasteiger partial charge in [0.15, 0.2) is 0 Å². The van der Waals surface area contributed by atoms with E-state index >= 15 is 0 Å². The van der Waals surface area contributed by atoms with Gasteiger partial charge in [-0.15, -0.1) is 0 Å². The van der Waals surface area contributed by atoms with Gasteiger partial charge < -0.3 is 20.0 Å². The first-order valence-electron chi connectivity index (χ1n) is 5.34. The van der Waals surface area contributed by atoms with Crippen LogP contribution in [0.1, 0.15) is 5.56 Å². The number of ether oxygens (including phenoxy) is 1. The Bertz CT molecular complexity index is 558. The van der Waals surface area contributed by atoms with Gasteiger partial charge in [0.1, 0.15) is 24.0 Å². The maximum absolute atomic E-state index is 11.4. The summed E-state index contributed by atoms with van der Waals surface area (Å²) in [5.41, 5.74) is 0.330. The van der Waals surface area contributed by atoms with E-state index in [1.165, 1.54) is 19.2 Å². The van der Waals surface area contributed by atoms with Gasteiger partial charge in [-0.05, 0) is 12.1 Å². The zero-order valence-corrected chi connectivity index (χ0v) is 10.2. The number of nitriles is 1. The lowest BCUT2D eigenvalue weighted by Gasteiger charge is -2.09. The van der Waals surface area contributed by atoms with Gasteiger partial charge in [0.25, 0.3) is 5.91 Å². The van der Waals surface area contributed by atoms with Crippen molar-refractivity contribution < 1.29 is 19.4 Å². The van der Waals surface area contributed by atoms with E-state index in [1.54, 1.807) is 24.3 Å². The highest BCUT2D eigenvalue weighted by Crippen LogP contribution is 2.20. The highest BCUT2D eigenvalue weighted by molar-refractivity contribution is 6.01. The van der Waals surface area contributed by atoms with E-state index < -0.39 is 18.5 Å². The van der Waals surface area contributed by atoms with Crippen molar-refractivity contribution in [1.29, 1.82) is 5.26 Å². The van der Waals surface area contributed by atoms with Gasteiger partial charge in [-0.25, -0.2) is 0 Å². The van der Waals surface area contributed by atoms with Gasteiger partial charge in [0.2, 0.25) is 0 Å². The summed E-state index contributed by atoms with van der Waals surface area (Å²) >= 11 is 0. The number of benzene rings is 1. The zero-order chi connectivity index (χ0) is 14.3. The van der Waals surface area contributed by atoms with E-state index in [0.29, 0.717) is 5.56 Å². The van der Waals surface area contributed by atoms with Crippen LogP contribution in [-0.4, -0.2) is 25.5 Å². The first-order valence-corrected chi connectivity index (χ1v) is 5.34. The first-order chi connectivity index (χ1) is 9.08. The third-order valence-electron chi connectivity index (χ3n) is 2.16. The Morgan fingerprint density at radius 3 is 2.74 bits per heavy atom. The molecule has 1 aromatic rings. The van der Waals surface area contributed by atoms with Crippen LogP contribution >= 0.6 is 0 Å². The SMILES string of the molecule is CNC(=O)/C(C#N)=C/c1ccccc1OCC(=O)[O-]. The number of nitrogens with one attached hydrogen (secondary N) is 1. The predicted molar refractivity (Wildman–Crippen MR) is 64.6 cm³/mol. The van der Waals surface area contributed by atoms with E-state index in [9.17, 15) is 14.7 Å². The van der Waals surface area contributed by atoms with E-state index in [1.807, 2.05) is 0 Å². The van der Waals surface area contributed by atoms with Crippen molar-refractivity contribution in [2.75, 3.05) is 13.7 Å². The van der Waals surface area contributed by atoms with Crippen LogP contribution in [0, 0.1) is 11.3 Å². The Labute approximate surface area is 109 Å². The van der Waals surface area contributed by atoms with Gasteiger partial charge in [0.05, 0.1) is 5.97 Å². The number of carbonyl (C=O) groups excluding carboxylic acids is 2. The number of nitrogens with zero attached hydrogens (tertiary/aromatic N) is 1. The number of carboxylic acids is 1. The Balaban J connectivity index is 3.06. The van der Waals surface area contributed by atoms with Crippen molar-refractivity contribution >= 4 is 18.0 Å². The average molecular weight is 259 g/mol. The molecule has 0 aliphatic carbocycles. The molecule has 19 heavy (non-hydrogen) atoms. The minimum atomic E-state index is -1.36. The van der Waals surface area contributed by atoms with Gasteiger partial charge in [-0.1, -0.05) is 18.2 Å². The molecule has 98 valence electrons. The maximum Gasteiger partial charge on any atom is 0.261 e. The quantitative estimate of drug-likeness (QED) is 0.565. The second-order valence-corrected chi connectivity index (χ2v) is 3.45. The summed E-state index contributed by atoms with van der Waals surface area (Å²) in [6.45, 7) is -0.604. The molecule has 0 aromatic heterocycles. The lowest BCUT2D eigenvalue weighted by molar-refractivity contribution is -0.307. The molecule has 0 aliphatic rings. The van der Waals surface area contributed by atoms with Gasteiger partial charge >= 0.3 is 0 Å². The monoisotopic (exact) mass is 259 g/mol. The maximum atomic E-state index is 11.4. The predicted octanol–water partition coefficient (Wildman–Crippen LogP) is -0.532. The highest BCUT2D eigenvalue weighted by Gasteiger charge is 2.08. The van der Waals surface area contributed by atoms with E-state index in [0.717, 1.165) is 0 Å². The van der Waals surface area contributed by atoms with E-state index in [4.69, 9.17) is 10.00 Å². The van der Waals surface area contributed by atoms with Crippen molar-refractivity contribution in [3.05, 3.63) is 35.4 Å². The standard InChI is InChI=1S/C13H12N2O4/c1-15-13(18)10(7-14)6-9-4-2-3-5-11(9)19-8-12(16)17/h2-6H,8H2,1H3,(H,15,18)(H,16,17)/p-1/b10-6+. The molecule has 6 nitrogen and oxygen atoms in total. The lowest BCUT2D eigenvalue weighted by Crippen LogP contribution is -2.29. The molecule has 0 spiro atoms. The van der Waals surface area contributed by atoms with Crippen molar-refractivity contribution in [1.82, 2.24) is 5.32 Å². The molecular weight excluding hydrogens is 248 g/mol. The topological polar surface area (TPSA) is 102 Å². The van der Waals surface area contributed by atoms with Crippen LogP contribution in [0.2, 0.25) is 0 Å². The number of carboxylic acid groups (broad SMARTS) is 1. The molecule has 0 radical (unpaired) electrons. The summed E-state index contributed by atoms with van der Waals surface area (Å²) in [7, 11) is 1.41. The number of aliphatic carboxylic acids is 1. The summed E-state index contributed by atoms with van der Waals surface area (Å²) < 4.78 is 5.01. The van der Waals surface area contributed by atoms with Crippen molar-refractivity contribution in [3.8, 4) is 11.8 Å². The van der Waals surface area contributed by atoms with Crippen molar-refractivity contribution in [2.45, 2.75) is 0 Å². The molecule has 1 amide bonds. The smallest absolute Gasteiger partial charge is 0.261 e. The molecule has 0 fully saturated rings. The summed E-state index contributed by atoms with van der Waals surface area (Å²) in [5, 5.41) is 21.6. The molecule has 0 aliphatic heterocycles. The Hall–Kier alpha value is -2.81.